The van der Waals surface area contributed by atoms with Gasteiger partial charge in [0.1, 0.15) is 5.69 Å². The second kappa shape index (κ2) is 7.00. The zero-order chi connectivity index (χ0) is 11.0. The lowest BCUT2D eigenvalue weighted by atomic mass is 10.3. The molecule has 0 saturated carbocycles. The van der Waals surface area contributed by atoms with Gasteiger partial charge in [0.25, 0.3) is 0 Å². The molecule has 1 heterocycles. The summed E-state index contributed by atoms with van der Waals surface area (Å²) in [7, 11) is 1.79. The Labute approximate surface area is 85.5 Å². The Balaban J connectivity index is 0.000000791. The van der Waals surface area contributed by atoms with Gasteiger partial charge in [0, 0.05) is 13.5 Å². The van der Waals surface area contributed by atoms with Crippen LogP contribution in [-0.2, 0) is 6.42 Å². The maximum atomic E-state index is 4.09. The van der Waals surface area contributed by atoms with E-state index in [0.717, 1.165) is 17.9 Å². The highest BCUT2D eigenvalue weighted by atomic mass is 15.2. The van der Waals surface area contributed by atoms with Gasteiger partial charge in [-0.3, -0.25) is 0 Å². The zero-order valence-corrected chi connectivity index (χ0v) is 9.33. The summed E-state index contributed by atoms with van der Waals surface area (Å²) in [6, 6.07) is 0. The molecule has 1 N–H and O–H groups in total. The molecule has 0 aromatic carbocycles. The van der Waals surface area contributed by atoms with Crippen LogP contribution in [0.1, 0.15) is 32.3 Å². The average molecular weight is 194 g/mol. The van der Waals surface area contributed by atoms with Gasteiger partial charge in [-0.25, -0.2) is 4.98 Å². The van der Waals surface area contributed by atoms with Crippen LogP contribution in [0.15, 0.2) is 12.8 Å². The van der Waals surface area contributed by atoms with E-state index in [1.807, 2.05) is 20.8 Å². The molecule has 4 heteroatoms. The second-order valence-corrected chi connectivity index (χ2v) is 2.34. The topological polar surface area (TPSA) is 50.7 Å². The number of rotatable bonds is 3. The van der Waals surface area contributed by atoms with Crippen molar-refractivity contribution in [3.8, 4) is 0 Å². The molecule has 0 unspecified atom stereocenters. The molecule has 4 nitrogen and oxygen atoms in total. The van der Waals surface area contributed by atoms with Crippen molar-refractivity contribution in [3.63, 3.8) is 0 Å². The molecule has 1 rings (SSSR count). The summed E-state index contributed by atoms with van der Waals surface area (Å²) in [5, 5.41) is 10.7. The van der Waals surface area contributed by atoms with Crippen LogP contribution in [0, 0.1) is 0 Å². The number of hydrogen-bond donors (Lipinski definition) is 1. The van der Waals surface area contributed by atoms with Gasteiger partial charge in [-0.2, -0.15) is 0 Å². The van der Waals surface area contributed by atoms with Crippen molar-refractivity contribution in [2.75, 3.05) is 7.05 Å². The van der Waals surface area contributed by atoms with E-state index in [2.05, 4.69) is 27.1 Å². The van der Waals surface area contributed by atoms with E-state index in [0.29, 0.717) is 5.69 Å². The van der Waals surface area contributed by atoms with Crippen molar-refractivity contribution in [2.24, 2.45) is 0 Å². The minimum Gasteiger partial charge on any atom is -0.387 e. The predicted molar refractivity (Wildman–Crippen MR) is 58.6 cm³/mol. The van der Waals surface area contributed by atoms with Crippen molar-refractivity contribution in [1.29, 1.82) is 0 Å². The lowest BCUT2D eigenvalue weighted by Gasteiger charge is -2.01. The molecule has 1 aromatic heterocycles. The average Bonchev–Trinajstić information content (AvgIpc) is 2.31. The first-order chi connectivity index (χ1) is 6.77. The Morgan fingerprint density at radius 1 is 1.43 bits per heavy atom. The maximum absolute atomic E-state index is 4.09. The largest absolute Gasteiger partial charge is 0.387 e. The molecule has 0 aliphatic carbocycles. The van der Waals surface area contributed by atoms with E-state index in [1.54, 1.807) is 13.2 Å². The molecule has 0 saturated heterocycles. The van der Waals surface area contributed by atoms with Crippen molar-refractivity contribution in [1.82, 2.24) is 20.5 Å². The Bertz CT molecular complexity index is 266. The van der Waals surface area contributed by atoms with Crippen LogP contribution < -0.4 is 5.32 Å². The molecule has 14 heavy (non-hydrogen) atoms. The Hall–Kier alpha value is -1.45. The first-order valence-corrected chi connectivity index (χ1v) is 4.83. The maximum Gasteiger partial charge on any atom is 0.150 e. The van der Waals surface area contributed by atoms with Crippen LogP contribution in [0.25, 0.3) is 5.70 Å². The summed E-state index contributed by atoms with van der Waals surface area (Å²) in [5.41, 5.74) is 1.42. The van der Waals surface area contributed by atoms with Crippen molar-refractivity contribution in [2.45, 2.75) is 27.2 Å². The highest BCUT2D eigenvalue weighted by molar-refractivity contribution is 5.56. The van der Waals surface area contributed by atoms with Crippen molar-refractivity contribution in [3.05, 3.63) is 24.3 Å². The Kier molecular flexibility index (Phi) is 6.28. The molecule has 78 valence electrons. The molecule has 0 fully saturated rings. The number of nitrogens with zero attached hydrogens (tertiary/aromatic N) is 3. The number of nitrogens with one attached hydrogen (secondary N) is 1. The standard InChI is InChI=1S/C8H12N4.C2H6/c1-4-8-10-5-7(11-12-8)6(2)9-3;1-2/h5,9H,2,4H2,1,3H3;1-2H3. The molecular formula is C10H18N4. The van der Waals surface area contributed by atoms with Crippen LogP contribution >= 0.6 is 0 Å². The van der Waals surface area contributed by atoms with Gasteiger partial charge in [0.05, 0.1) is 11.9 Å². The summed E-state index contributed by atoms with van der Waals surface area (Å²) in [6.45, 7) is 9.73. The highest BCUT2D eigenvalue weighted by Gasteiger charge is 1.99. The lowest BCUT2D eigenvalue weighted by Crippen LogP contribution is -2.07. The Morgan fingerprint density at radius 3 is 2.43 bits per heavy atom. The van der Waals surface area contributed by atoms with Gasteiger partial charge in [-0.1, -0.05) is 27.4 Å². The highest BCUT2D eigenvalue weighted by Crippen LogP contribution is 2.01. The van der Waals surface area contributed by atoms with Crippen LogP contribution in [0.3, 0.4) is 0 Å². The fourth-order valence-corrected chi connectivity index (χ4v) is 0.727. The van der Waals surface area contributed by atoms with Gasteiger partial charge in [0.2, 0.25) is 0 Å². The normalized spacial score (nSPS) is 8.57. The third-order valence-electron chi connectivity index (χ3n) is 1.54. The predicted octanol–water partition coefficient (Wildman–Crippen LogP) is 1.65. The summed E-state index contributed by atoms with van der Waals surface area (Å²) < 4.78 is 0. The van der Waals surface area contributed by atoms with Crippen molar-refractivity contribution >= 4 is 5.70 Å². The fraction of sp³-hybridized carbons (Fsp3) is 0.500. The van der Waals surface area contributed by atoms with E-state index in [1.165, 1.54) is 0 Å². The fourth-order valence-electron chi connectivity index (χ4n) is 0.727. The summed E-state index contributed by atoms with van der Waals surface area (Å²) in [4.78, 5) is 4.09. The SMILES string of the molecule is C=C(NC)c1cnc(CC)nn1.CC. The third-order valence-corrected chi connectivity index (χ3v) is 1.54. The Morgan fingerprint density at radius 2 is 2.07 bits per heavy atom. The lowest BCUT2D eigenvalue weighted by molar-refractivity contribution is 0.833. The van der Waals surface area contributed by atoms with E-state index < -0.39 is 0 Å². The van der Waals surface area contributed by atoms with E-state index in [4.69, 9.17) is 0 Å². The van der Waals surface area contributed by atoms with Crippen LogP contribution in [-0.4, -0.2) is 22.2 Å². The summed E-state index contributed by atoms with van der Waals surface area (Å²) in [6.07, 6.45) is 2.48. The summed E-state index contributed by atoms with van der Waals surface area (Å²) in [5.74, 6) is 0.752. The van der Waals surface area contributed by atoms with Gasteiger partial charge >= 0.3 is 0 Å². The first kappa shape index (κ1) is 12.6. The quantitative estimate of drug-likeness (QED) is 0.795. The van der Waals surface area contributed by atoms with Gasteiger partial charge in [-0.15, -0.1) is 10.2 Å². The smallest absolute Gasteiger partial charge is 0.150 e. The summed E-state index contributed by atoms with van der Waals surface area (Å²) >= 11 is 0. The van der Waals surface area contributed by atoms with Gasteiger partial charge in [0.15, 0.2) is 5.82 Å². The second-order valence-electron chi connectivity index (χ2n) is 2.34. The minimum absolute atomic E-state index is 0.690. The number of aryl methyl sites for hydroxylation is 1. The molecular weight excluding hydrogens is 176 g/mol. The molecule has 0 spiro atoms. The molecule has 0 bridgehead atoms. The van der Waals surface area contributed by atoms with Crippen LogP contribution in [0.4, 0.5) is 0 Å². The molecule has 0 atom stereocenters. The zero-order valence-electron chi connectivity index (χ0n) is 9.33. The van der Waals surface area contributed by atoms with E-state index in [-0.39, 0.29) is 0 Å². The van der Waals surface area contributed by atoms with Crippen molar-refractivity contribution < 1.29 is 0 Å². The molecule has 1 aromatic rings. The molecule has 0 amide bonds. The minimum atomic E-state index is 0.690. The number of hydrogen-bond acceptors (Lipinski definition) is 4. The van der Waals surface area contributed by atoms with E-state index >= 15 is 0 Å². The molecule has 0 aliphatic rings. The molecule has 0 radical (unpaired) electrons. The number of aromatic nitrogens is 3. The van der Waals surface area contributed by atoms with Crippen LogP contribution in [0.5, 0.6) is 0 Å². The third kappa shape index (κ3) is 3.51. The van der Waals surface area contributed by atoms with Gasteiger partial charge < -0.3 is 5.32 Å². The van der Waals surface area contributed by atoms with Gasteiger partial charge in [-0.05, 0) is 0 Å². The molecule has 0 aliphatic heterocycles. The monoisotopic (exact) mass is 194 g/mol. The van der Waals surface area contributed by atoms with E-state index in [9.17, 15) is 0 Å². The first-order valence-electron chi connectivity index (χ1n) is 4.83. The van der Waals surface area contributed by atoms with Crippen LogP contribution in [0.2, 0.25) is 0 Å².